The Morgan fingerprint density at radius 3 is 2.49 bits per heavy atom. The van der Waals surface area contributed by atoms with Crippen LogP contribution in [0.25, 0.3) is 16.8 Å². The molecule has 11 heteroatoms. The van der Waals surface area contributed by atoms with Crippen molar-refractivity contribution >= 4 is 18.6 Å². The lowest BCUT2D eigenvalue weighted by Crippen LogP contribution is -2.29. The summed E-state index contributed by atoms with van der Waals surface area (Å²) in [6, 6.07) is 18.6. The van der Waals surface area contributed by atoms with Crippen molar-refractivity contribution in [3.8, 4) is 16.8 Å². The van der Waals surface area contributed by atoms with Crippen LogP contribution in [0, 0.1) is 12.7 Å². The molecule has 3 aromatic carbocycles. The summed E-state index contributed by atoms with van der Waals surface area (Å²) in [4.78, 5) is 13.1. The lowest BCUT2D eigenvalue weighted by molar-refractivity contribution is -0.141. The number of anilines is 1. The van der Waals surface area contributed by atoms with Crippen molar-refractivity contribution < 1.29 is 27.4 Å². The van der Waals surface area contributed by atoms with E-state index in [0.717, 1.165) is 15.8 Å². The van der Waals surface area contributed by atoms with Gasteiger partial charge in [-0.15, -0.1) is 0 Å². The highest BCUT2D eigenvalue weighted by Crippen LogP contribution is 2.31. The van der Waals surface area contributed by atoms with Gasteiger partial charge in [-0.2, -0.15) is 18.3 Å². The Balaban J connectivity index is 1.66. The van der Waals surface area contributed by atoms with Crippen molar-refractivity contribution in [3.05, 3.63) is 101 Å². The molecule has 1 amide bonds. The standard InChI is InChI=1S/C26H23BF4N4O2/c1-16-6-3-4-9-20(16)18-10-11-22(21(28)13-18)33-25(36)23-14-24(26(29,30)31)34-35(23)19-8-5-7-17(12-19)15-32-27(2)37/h3-14,32,37H,15H2,1-2H3,(H,33,36). The lowest BCUT2D eigenvalue weighted by atomic mass is 9.88. The fourth-order valence-electron chi connectivity index (χ4n) is 3.81. The predicted molar refractivity (Wildman–Crippen MR) is 134 cm³/mol. The number of alkyl halides is 3. The first-order chi connectivity index (χ1) is 17.5. The molecule has 0 aliphatic heterocycles. The molecule has 6 nitrogen and oxygen atoms in total. The van der Waals surface area contributed by atoms with E-state index >= 15 is 0 Å². The van der Waals surface area contributed by atoms with Gasteiger partial charge in [-0.1, -0.05) is 42.5 Å². The molecule has 0 saturated carbocycles. The number of benzene rings is 3. The molecule has 37 heavy (non-hydrogen) atoms. The third-order valence-electron chi connectivity index (χ3n) is 5.66. The van der Waals surface area contributed by atoms with Gasteiger partial charge in [-0.05, 0) is 60.3 Å². The molecule has 3 N–H and O–H groups in total. The number of nitrogens with zero attached hydrogens (tertiary/aromatic N) is 2. The number of rotatable bonds is 7. The fourth-order valence-corrected chi connectivity index (χ4v) is 3.81. The van der Waals surface area contributed by atoms with Gasteiger partial charge >= 0.3 is 13.2 Å². The van der Waals surface area contributed by atoms with E-state index < -0.39 is 36.3 Å². The minimum absolute atomic E-state index is 0.182. The van der Waals surface area contributed by atoms with Gasteiger partial charge in [-0.25, -0.2) is 9.07 Å². The Hall–Kier alpha value is -3.96. The molecular formula is C26H23BF4N4O2. The smallest absolute Gasteiger partial charge is 0.435 e. The van der Waals surface area contributed by atoms with E-state index in [2.05, 4.69) is 15.6 Å². The van der Waals surface area contributed by atoms with E-state index in [1.54, 1.807) is 18.2 Å². The zero-order valence-corrected chi connectivity index (χ0v) is 20.0. The van der Waals surface area contributed by atoms with Gasteiger partial charge in [0.15, 0.2) is 5.69 Å². The number of hydrogen-bond acceptors (Lipinski definition) is 4. The maximum Gasteiger partial charge on any atom is 0.435 e. The van der Waals surface area contributed by atoms with Crippen molar-refractivity contribution in [1.82, 2.24) is 15.0 Å². The summed E-state index contributed by atoms with van der Waals surface area (Å²) < 4.78 is 56.2. The highest BCUT2D eigenvalue weighted by atomic mass is 19.4. The molecule has 0 atom stereocenters. The number of hydrogen-bond donors (Lipinski definition) is 3. The van der Waals surface area contributed by atoms with Crippen LogP contribution in [0.15, 0.2) is 72.8 Å². The van der Waals surface area contributed by atoms with Crippen molar-refractivity contribution in [3.63, 3.8) is 0 Å². The Morgan fingerprint density at radius 2 is 1.81 bits per heavy atom. The average Bonchev–Trinajstić information content (AvgIpc) is 3.31. The summed E-state index contributed by atoms with van der Waals surface area (Å²) in [5.74, 6) is -1.69. The number of amides is 1. The monoisotopic (exact) mass is 510 g/mol. The number of nitrogens with one attached hydrogen (secondary N) is 2. The average molecular weight is 510 g/mol. The zero-order chi connectivity index (χ0) is 26.7. The molecule has 0 radical (unpaired) electrons. The van der Waals surface area contributed by atoms with Crippen molar-refractivity contribution in [2.45, 2.75) is 26.5 Å². The van der Waals surface area contributed by atoms with E-state index in [1.165, 1.54) is 31.1 Å². The summed E-state index contributed by atoms with van der Waals surface area (Å²) in [5.41, 5.74) is 1.33. The van der Waals surface area contributed by atoms with Gasteiger partial charge in [0.2, 0.25) is 0 Å². The topological polar surface area (TPSA) is 79.2 Å². The number of aromatic nitrogens is 2. The Kier molecular flexibility index (Phi) is 7.46. The van der Waals surface area contributed by atoms with Crippen LogP contribution >= 0.6 is 0 Å². The van der Waals surface area contributed by atoms with E-state index in [4.69, 9.17) is 0 Å². The quantitative estimate of drug-likeness (QED) is 0.228. The molecule has 4 aromatic rings. The van der Waals surface area contributed by atoms with Crippen LogP contribution in [-0.4, -0.2) is 27.8 Å². The summed E-state index contributed by atoms with van der Waals surface area (Å²) in [6.07, 6.45) is -4.80. The molecule has 4 rings (SSSR count). The Bertz CT molecular complexity index is 1440. The van der Waals surface area contributed by atoms with Crippen LogP contribution in [0.2, 0.25) is 6.82 Å². The normalized spacial score (nSPS) is 11.4. The van der Waals surface area contributed by atoms with Gasteiger partial charge in [0, 0.05) is 12.6 Å². The summed E-state index contributed by atoms with van der Waals surface area (Å²) in [7, 11) is -0.793. The first-order valence-corrected chi connectivity index (χ1v) is 11.4. The molecule has 0 aliphatic rings. The molecule has 0 fully saturated rings. The highest BCUT2D eigenvalue weighted by molar-refractivity contribution is 6.45. The zero-order valence-electron chi connectivity index (χ0n) is 20.0. The van der Waals surface area contributed by atoms with Crippen LogP contribution in [0.1, 0.15) is 27.3 Å². The third kappa shape index (κ3) is 6.07. The Labute approximate surface area is 211 Å². The molecule has 0 bridgehead atoms. The van der Waals surface area contributed by atoms with Crippen LogP contribution in [0.3, 0.4) is 0 Å². The first kappa shape index (κ1) is 26.1. The Morgan fingerprint density at radius 1 is 1.05 bits per heavy atom. The number of halogens is 4. The molecule has 0 aliphatic carbocycles. The van der Waals surface area contributed by atoms with Gasteiger partial charge in [0.05, 0.1) is 11.4 Å². The number of carbonyl (C=O) groups excluding carboxylic acids is 1. The van der Waals surface area contributed by atoms with Gasteiger partial charge in [-0.3, -0.25) is 4.79 Å². The van der Waals surface area contributed by atoms with E-state index in [9.17, 15) is 27.4 Å². The fraction of sp³-hybridized carbons (Fsp3) is 0.154. The molecule has 0 unspecified atom stereocenters. The van der Waals surface area contributed by atoms with E-state index in [1.807, 2.05) is 31.2 Å². The van der Waals surface area contributed by atoms with Crippen LogP contribution < -0.4 is 10.5 Å². The second-order valence-electron chi connectivity index (χ2n) is 8.51. The second kappa shape index (κ2) is 10.6. The van der Waals surface area contributed by atoms with Crippen molar-refractivity contribution in [2.75, 3.05) is 5.32 Å². The molecule has 190 valence electrons. The van der Waals surface area contributed by atoms with Crippen LogP contribution in [0.4, 0.5) is 23.2 Å². The minimum Gasteiger partial charge on any atom is -0.437 e. The third-order valence-corrected chi connectivity index (χ3v) is 5.66. The van der Waals surface area contributed by atoms with Crippen LogP contribution in [-0.2, 0) is 12.7 Å². The maximum atomic E-state index is 14.9. The lowest BCUT2D eigenvalue weighted by Gasteiger charge is -2.12. The molecular weight excluding hydrogens is 487 g/mol. The molecule has 1 heterocycles. The minimum atomic E-state index is -4.80. The SMILES string of the molecule is CB(O)NCc1cccc(-n2nc(C(F)(F)F)cc2C(=O)Nc2ccc(-c3ccccc3C)cc2F)c1. The van der Waals surface area contributed by atoms with Crippen LogP contribution in [0.5, 0.6) is 0 Å². The summed E-state index contributed by atoms with van der Waals surface area (Å²) in [5, 5.41) is 18.2. The van der Waals surface area contributed by atoms with Gasteiger partial charge in [0.1, 0.15) is 11.5 Å². The number of aryl methyl sites for hydroxylation is 1. The van der Waals surface area contributed by atoms with Crippen molar-refractivity contribution in [1.29, 1.82) is 0 Å². The predicted octanol–water partition coefficient (Wildman–Crippen LogP) is 5.46. The first-order valence-electron chi connectivity index (χ1n) is 11.4. The molecule has 0 spiro atoms. The molecule has 0 saturated heterocycles. The summed E-state index contributed by atoms with van der Waals surface area (Å²) in [6.45, 7) is 3.65. The van der Waals surface area contributed by atoms with Crippen molar-refractivity contribution in [2.24, 2.45) is 0 Å². The largest absolute Gasteiger partial charge is 0.437 e. The number of carbonyl (C=O) groups is 1. The summed E-state index contributed by atoms with van der Waals surface area (Å²) >= 11 is 0. The van der Waals surface area contributed by atoms with E-state index in [0.29, 0.717) is 17.2 Å². The van der Waals surface area contributed by atoms with Gasteiger partial charge < -0.3 is 15.6 Å². The molecule has 1 aromatic heterocycles. The maximum absolute atomic E-state index is 14.9. The van der Waals surface area contributed by atoms with Gasteiger partial charge in [0.25, 0.3) is 5.91 Å². The van der Waals surface area contributed by atoms with E-state index in [-0.39, 0.29) is 17.9 Å². The second-order valence-corrected chi connectivity index (χ2v) is 8.51. The highest BCUT2D eigenvalue weighted by Gasteiger charge is 2.36.